The molecule has 0 aliphatic rings. The molecule has 0 aliphatic carbocycles. The Labute approximate surface area is 148 Å². The third kappa shape index (κ3) is 5.57. The van der Waals surface area contributed by atoms with E-state index >= 15 is 0 Å². The summed E-state index contributed by atoms with van der Waals surface area (Å²) in [4.78, 5) is 38.8. The average Bonchev–Trinajstić information content (AvgIpc) is 3.02. The number of nitrogens with one attached hydrogen (secondary N) is 2. The van der Waals surface area contributed by atoms with E-state index in [1.54, 1.807) is 36.6 Å². The summed E-state index contributed by atoms with van der Waals surface area (Å²) in [6.45, 7) is 2.04. The van der Waals surface area contributed by atoms with Crippen LogP contribution in [0.25, 0.3) is 0 Å². The SMILES string of the molecule is CCOC(=O)c1ccc(NC(=O)Cc2csc(NC(=O)OC)n2)cc1. The highest BCUT2D eigenvalue weighted by Gasteiger charge is 2.11. The van der Waals surface area contributed by atoms with E-state index in [0.717, 1.165) is 0 Å². The Kier molecular flexibility index (Phi) is 6.47. The number of carbonyl (C=O) groups is 3. The highest BCUT2D eigenvalue weighted by Crippen LogP contribution is 2.17. The second-order valence-corrected chi connectivity index (χ2v) is 5.64. The lowest BCUT2D eigenvalue weighted by atomic mass is 10.2. The summed E-state index contributed by atoms with van der Waals surface area (Å²) in [6, 6.07) is 6.40. The molecule has 0 saturated carbocycles. The van der Waals surface area contributed by atoms with Crippen LogP contribution in [0.1, 0.15) is 23.0 Å². The standard InChI is InChI=1S/C16H17N3O5S/c1-3-24-14(21)10-4-6-11(7-5-10)17-13(20)8-12-9-25-15(18-12)19-16(22)23-2/h4-7,9H,3,8H2,1-2H3,(H,17,20)(H,18,19,22). The molecule has 0 saturated heterocycles. The number of anilines is 2. The van der Waals surface area contributed by atoms with Crippen molar-refractivity contribution in [2.24, 2.45) is 0 Å². The van der Waals surface area contributed by atoms with E-state index < -0.39 is 12.1 Å². The van der Waals surface area contributed by atoms with Crippen LogP contribution in [0.2, 0.25) is 0 Å². The molecule has 1 heterocycles. The summed E-state index contributed by atoms with van der Waals surface area (Å²) in [5, 5.41) is 7.17. The number of carbonyl (C=O) groups excluding carboxylic acids is 3. The normalized spacial score (nSPS) is 10.0. The van der Waals surface area contributed by atoms with E-state index in [1.807, 2.05) is 0 Å². The molecule has 9 heteroatoms. The highest BCUT2D eigenvalue weighted by atomic mass is 32.1. The molecule has 132 valence electrons. The number of thiazole rings is 1. The van der Waals surface area contributed by atoms with Crippen LogP contribution in [-0.2, 0) is 20.7 Å². The molecule has 1 aromatic carbocycles. The average molecular weight is 363 g/mol. The zero-order valence-corrected chi connectivity index (χ0v) is 14.5. The maximum atomic E-state index is 12.0. The smallest absolute Gasteiger partial charge is 0.413 e. The second kappa shape index (κ2) is 8.78. The van der Waals surface area contributed by atoms with Gasteiger partial charge >= 0.3 is 12.1 Å². The molecular weight excluding hydrogens is 346 g/mol. The van der Waals surface area contributed by atoms with E-state index in [0.29, 0.717) is 28.7 Å². The quantitative estimate of drug-likeness (QED) is 0.764. The van der Waals surface area contributed by atoms with Crippen LogP contribution >= 0.6 is 11.3 Å². The van der Waals surface area contributed by atoms with Gasteiger partial charge in [0.25, 0.3) is 0 Å². The number of aromatic nitrogens is 1. The molecule has 25 heavy (non-hydrogen) atoms. The van der Waals surface area contributed by atoms with Crippen molar-refractivity contribution in [2.45, 2.75) is 13.3 Å². The summed E-state index contributed by atoms with van der Waals surface area (Å²) in [5.41, 5.74) is 1.50. The molecule has 0 atom stereocenters. The topological polar surface area (TPSA) is 107 Å². The summed E-state index contributed by atoms with van der Waals surface area (Å²) >= 11 is 1.20. The number of ether oxygens (including phenoxy) is 2. The van der Waals surface area contributed by atoms with Crippen molar-refractivity contribution in [1.29, 1.82) is 0 Å². The molecule has 0 radical (unpaired) electrons. The van der Waals surface area contributed by atoms with Gasteiger partial charge < -0.3 is 14.8 Å². The van der Waals surface area contributed by atoms with Crippen LogP contribution in [0.15, 0.2) is 29.6 Å². The van der Waals surface area contributed by atoms with Crippen LogP contribution in [0.4, 0.5) is 15.6 Å². The van der Waals surface area contributed by atoms with Crippen molar-refractivity contribution >= 4 is 40.1 Å². The van der Waals surface area contributed by atoms with Gasteiger partial charge in [0.15, 0.2) is 5.13 Å². The molecule has 1 aromatic heterocycles. The van der Waals surface area contributed by atoms with Crippen LogP contribution in [0, 0.1) is 0 Å². The van der Waals surface area contributed by atoms with E-state index in [2.05, 4.69) is 20.4 Å². The first-order valence-corrected chi connectivity index (χ1v) is 8.26. The van der Waals surface area contributed by atoms with Crippen molar-refractivity contribution in [1.82, 2.24) is 4.98 Å². The molecule has 0 spiro atoms. The van der Waals surface area contributed by atoms with Crippen molar-refractivity contribution in [3.8, 4) is 0 Å². The third-order valence-corrected chi connectivity index (χ3v) is 3.77. The van der Waals surface area contributed by atoms with Crippen LogP contribution in [0.5, 0.6) is 0 Å². The number of hydrogen-bond acceptors (Lipinski definition) is 7. The van der Waals surface area contributed by atoms with Gasteiger partial charge in [-0.25, -0.2) is 14.6 Å². The Morgan fingerprint density at radius 2 is 1.88 bits per heavy atom. The zero-order chi connectivity index (χ0) is 18.2. The predicted molar refractivity (Wildman–Crippen MR) is 92.9 cm³/mol. The summed E-state index contributed by atoms with van der Waals surface area (Å²) in [6.07, 6.45) is -0.564. The van der Waals surface area contributed by atoms with Gasteiger partial charge in [-0.2, -0.15) is 0 Å². The molecular formula is C16H17N3O5S. The van der Waals surface area contributed by atoms with Gasteiger partial charge in [-0.05, 0) is 31.2 Å². The number of benzene rings is 1. The number of hydrogen-bond donors (Lipinski definition) is 2. The Balaban J connectivity index is 1.89. The van der Waals surface area contributed by atoms with Crippen LogP contribution in [-0.4, -0.2) is 36.7 Å². The molecule has 2 aromatic rings. The minimum Gasteiger partial charge on any atom is -0.462 e. The molecule has 2 rings (SSSR count). The molecule has 0 aliphatic heterocycles. The fourth-order valence-corrected chi connectivity index (χ4v) is 2.55. The Hall–Kier alpha value is -2.94. The summed E-state index contributed by atoms with van der Waals surface area (Å²) in [5.74, 6) is -0.674. The lowest BCUT2D eigenvalue weighted by molar-refractivity contribution is -0.115. The van der Waals surface area contributed by atoms with Crippen LogP contribution < -0.4 is 10.6 Å². The molecule has 8 nitrogen and oxygen atoms in total. The first-order chi connectivity index (χ1) is 12.0. The Bertz CT molecular complexity index is 757. The lowest BCUT2D eigenvalue weighted by Crippen LogP contribution is -2.15. The van der Waals surface area contributed by atoms with E-state index in [4.69, 9.17) is 4.74 Å². The second-order valence-electron chi connectivity index (χ2n) is 4.78. The number of rotatable bonds is 6. The molecule has 0 unspecified atom stereocenters. The zero-order valence-electron chi connectivity index (χ0n) is 13.7. The highest BCUT2D eigenvalue weighted by molar-refractivity contribution is 7.13. The first kappa shape index (κ1) is 18.4. The summed E-state index contributed by atoms with van der Waals surface area (Å²) in [7, 11) is 1.25. The van der Waals surface area contributed by atoms with Crippen molar-refractivity contribution in [3.63, 3.8) is 0 Å². The van der Waals surface area contributed by atoms with Gasteiger partial charge in [0.1, 0.15) is 0 Å². The van der Waals surface area contributed by atoms with Gasteiger partial charge in [0.05, 0.1) is 31.4 Å². The third-order valence-electron chi connectivity index (χ3n) is 2.97. The van der Waals surface area contributed by atoms with Crippen LogP contribution in [0.3, 0.4) is 0 Å². The van der Waals surface area contributed by atoms with Gasteiger partial charge in [-0.1, -0.05) is 0 Å². The molecule has 2 amide bonds. The maximum absolute atomic E-state index is 12.0. The van der Waals surface area contributed by atoms with E-state index in [-0.39, 0.29) is 12.3 Å². The molecule has 2 N–H and O–H groups in total. The summed E-state index contributed by atoms with van der Waals surface area (Å²) < 4.78 is 9.36. The molecule has 0 fully saturated rings. The lowest BCUT2D eigenvalue weighted by Gasteiger charge is -2.06. The number of esters is 1. The van der Waals surface area contributed by atoms with Crippen molar-refractivity contribution in [3.05, 3.63) is 40.9 Å². The van der Waals surface area contributed by atoms with Gasteiger partial charge in [0, 0.05) is 11.1 Å². The predicted octanol–water partition coefficient (Wildman–Crippen LogP) is 2.68. The van der Waals surface area contributed by atoms with Gasteiger partial charge in [-0.15, -0.1) is 11.3 Å². The maximum Gasteiger partial charge on any atom is 0.413 e. The van der Waals surface area contributed by atoms with Gasteiger partial charge in [-0.3, -0.25) is 10.1 Å². The van der Waals surface area contributed by atoms with Crippen molar-refractivity contribution < 1.29 is 23.9 Å². The number of amides is 2. The fraction of sp³-hybridized carbons (Fsp3) is 0.250. The van der Waals surface area contributed by atoms with Crippen molar-refractivity contribution in [2.75, 3.05) is 24.4 Å². The van der Waals surface area contributed by atoms with Gasteiger partial charge in [0.2, 0.25) is 5.91 Å². The number of nitrogens with zero attached hydrogens (tertiary/aromatic N) is 1. The largest absolute Gasteiger partial charge is 0.462 e. The minimum atomic E-state index is -0.618. The number of methoxy groups -OCH3 is 1. The fourth-order valence-electron chi connectivity index (χ4n) is 1.86. The van der Waals surface area contributed by atoms with E-state index in [1.165, 1.54) is 18.4 Å². The first-order valence-electron chi connectivity index (χ1n) is 7.38. The Morgan fingerprint density at radius 3 is 2.52 bits per heavy atom. The molecule has 0 bridgehead atoms. The monoisotopic (exact) mass is 363 g/mol. The van der Waals surface area contributed by atoms with E-state index in [9.17, 15) is 14.4 Å². The Morgan fingerprint density at radius 1 is 1.16 bits per heavy atom. The minimum absolute atomic E-state index is 0.0545.